The molecule has 0 aliphatic heterocycles. The molecule has 0 aliphatic carbocycles. The number of carbonyl (C=O) groups is 2. The summed E-state index contributed by atoms with van der Waals surface area (Å²) in [6.07, 6.45) is 8.66. The van der Waals surface area contributed by atoms with Gasteiger partial charge in [-0.05, 0) is 136 Å². The van der Waals surface area contributed by atoms with Crippen LogP contribution >= 0.6 is 15.9 Å². The zero-order chi connectivity index (χ0) is 44.6. The Morgan fingerprint density at radius 1 is 0.525 bits per heavy atom. The fraction of sp³-hybridized carbons (Fsp3) is 0.536. The molecule has 0 N–H and O–H groups in total. The van der Waals surface area contributed by atoms with Gasteiger partial charge in [0.15, 0.2) is 0 Å². The molecule has 0 saturated carbocycles. The van der Waals surface area contributed by atoms with E-state index < -0.39 is 9.74 Å². The summed E-state index contributed by atoms with van der Waals surface area (Å²) in [5.74, 6) is 2.40. The summed E-state index contributed by atoms with van der Waals surface area (Å²) >= 11 is 3.47. The van der Waals surface area contributed by atoms with Crippen LogP contribution in [-0.2, 0) is 19.1 Å². The summed E-state index contributed by atoms with van der Waals surface area (Å²) in [5.41, 5.74) is 6.32. The van der Waals surface area contributed by atoms with E-state index in [9.17, 15) is 9.59 Å². The smallest absolute Gasteiger partial charge is 0.322 e. The predicted molar refractivity (Wildman–Crippen MR) is 266 cm³/mol. The molecule has 0 fully saturated rings. The van der Waals surface area contributed by atoms with Crippen LogP contribution < -0.4 is 0 Å². The van der Waals surface area contributed by atoms with Gasteiger partial charge < -0.3 is 9.47 Å². The summed E-state index contributed by atoms with van der Waals surface area (Å²) in [5, 5.41) is 0. The molecule has 4 aromatic carbocycles. The molecule has 0 amide bonds. The Bertz CT molecular complexity index is 1690. The number of rotatable bonds is 21. The molecular weight excluding hydrogens is 817 g/mol. The Labute approximate surface area is 382 Å². The Balaban J connectivity index is 0.000000602. The molecule has 0 radical (unpaired) electrons. The lowest BCUT2D eigenvalue weighted by Crippen LogP contribution is -2.39. The van der Waals surface area contributed by atoms with Crippen LogP contribution in [0.4, 0.5) is 0 Å². The standard InChI is InChI=1S/C31H43BrO4.C14H22.C10H14.CH4/c1-6-20-35-29(34)31(5,32)23-30(3,4)28(33)36-21-14-13-19-27(26-17-11-8-12-18-26)22-24(2)25-15-9-7-10-16-25;1-5-11(3)13-7-9-14(10-8-13)12(4)6-2;1-3-9(2)10-7-5-4-6-8-10;/h7-12,15-18,24,27H,6,13-14,19-23H2,1-5H3;7-12H,5-6H2,1-4H3;4-9H,3H2,1-2H3;1H4. The number of alkyl halides is 1. The van der Waals surface area contributed by atoms with Crippen molar-refractivity contribution in [2.45, 2.75) is 175 Å². The van der Waals surface area contributed by atoms with Crippen molar-refractivity contribution in [3.63, 3.8) is 0 Å². The van der Waals surface area contributed by atoms with Gasteiger partial charge in [0.25, 0.3) is 0 Å². The van der Waals surface area contributed by atoms with Gasteiger partial charge in [0.05, 0.1) is 18.6 Å². The summed E-state index contributed by atoms with van der Waals surface area (Å²) in [7, 11) is 0. The maximum atomic E-state index is 12.8. The summed E-state index contributed by atoms with van der Waals surface area (Å²) in [6, 6.07) is 41.2. The molecule has 0 heterocycles. The lowest BCUT2D eigenvalue weighted by Gasteiger charge is -2.30. The van der Waals surface area contributed by atoms with Crippen LogP contribution in [0.5, 0.6) is 0 Å². The highest BCUT2D eigenvalue weighted by Crippen LogP contribution is 2.37. The first kappa shape index (κ1) is 55.3. The molecule has 6 unspecified atom stereocenters. The number of esters is 2. The lowest BCUT2D eigenvalue weighted by atomic mass is 9.83. The van der Waals surface area contributed by atoms with Crippen LogP contribution in [0.2, 0.25) is 0 Å². The topological polar surface area (TPSA) is 52.6 Å². The first-order valence-electron chi connectivity index (χ1n) is 22.9. The fourth-order valence-corrected chi connectivity index (χ4v) is 8.12. The Hall–Kier alpha value is -3.70. The molecule has 0 spiro atoms. The largest absolute Gasteiger partial charge is 0.465 e. The number of carbonyl (C=O) groups excluding carboxylic acids is 2. The second-order valence-electron chi connectivity index (χ2n) is 17.7. The van der Waals surface area contributed by atoms with E-state index in [4.69, 9.17) is 9.47 Å². The van der Waals surface area contributed by atoms with Crippen LogP contribution in [-0.4, -0.2) is 29.5 Å². The van der Waals surface area contributed by atoms with Crippen LogP contribution in [0, 0.1) is 5.41 Å². The molecular formula is C56H83BrO4. The van der Waals surface area contributed by atoms with Crippen LogP contribution in [0.15, 0.2) is 115 Å². The van der Waals surface area contributed by atoms with Crippen LogP contribution in [0.3, 0.4) is 0 Å². The van der Waals surface area contributed by atoms with Crippen molar-refractivity contribution in [1.82, 2.24) is 0 Å². The first-order chi connectivity index (χ1) is 28.6. The van der Waals surface area contributed by atoms with Crippen molar-refractivity contribution in [2.75, 3.05) is 13.2 Å². The number of benzene rings is 4. The third-order valence-electron chi connectivity index (χ3n) is 11.9. The molecule has 0 aromatic heterocycles. The average Bonchev–Trinajstić information content (AvgIpc) is 3.27. The minimum Gasteiger partial charge on any atom is -0.465 e. The maximum absolute atomic E-state index is 12.8. The van der Waals surface area contributed by atoms with E-state index in [-0.39, 0.29) is 19.4 Å². The molecule has 61 heavy (non-hydrogen) atoms. The fourth-order valence-electron chi connectivity index (χ4n) is 7.30. The Morgan fingerprint density at radius 3 is 1.31 bits per heavy atom. The van der Waals surface area contributed by atoms with Crippen molar-refractivity contribution in [2.24, 2.45) is 5.41 Å². The second-order valence-corrected chi connectivity index (χ2v) is 19.4. The third-order valence-corrected chi connectivity index (χ3v) is 12.5. The zero-order valence-corrected chi connectivity index (χ0v) is 40.7. The number of hydrogen-bond acceptors (Lipinski definition) is 4. The molecule has 4 aromatic rings. The normalized spacial score (nSPS) is 14.4. The van der Waals surface area contributed by atoms with Crippen molar-refractivity contribution >= 4 is 27.9 Å². The molecule has 4 nitrogen and oxygen atoms in total. The minimum atomic E-state index is -0.928. The van der Waals surface area contributed by atoms with Gasteiger partial charge in [0.1, 0.15) is 4.32 Å². The third kappa shape index (κ3) is 20.4. The van der Waals surface area contributed by atoms with E-state index in [0.717, 1.165) is 32.1 Å². The highest BCUT2D eigenvalue weighted by molar-refractivity contribution is 9.10. The van der Waals surface area contributed by atoms with E-state index in [1.54, 1.807) is 6.92 Å². The van der Waals surface area contributed by atoms with Crippen LogP contribution in [0.25, 0.3) is 0 Å². The zero-order valence-electron chi connectivity index (χ0n) is 39.1. The Kier molecular flexibility index (Phi) is 26.8. The van der Waals surface area contributed by atoms with Gasteiger partial charge in [-0.1, -0.05) is 194 Å². The van der Waals surface area contributed by atoms with Gasteiger partial charge in [-0.2, -0.15) is 0 Å². The minimum absolute atomic E-state index is 0. The quantitative estimate of drug-likeness (QED) is 0.0475. The molecule has 0 aliphatic rings. The van der Waals surface area contributed by atoms with E-state index >= 15 is 0 Å². The molecule has 338 valence electrons. The molecule has 4 rings (SSSR count). The van der Waals surface area contributed by atoms with Crippen molar-refractivity contribution in [3.05, 3.63) is 143 Å². The summed E-state index contributed by atoms with van der Waals surface area (Å²) in [6.45, 7) is 23.9. The number of hydrogen-bond donors (Lipinski definition) is 0. The van der Waals surface area contributed by atoms with E-state index in [1.165, 1.54) is 47.1 Å². The average molecular weight is 900 g/mol. The lowest BCUT2D eigenvalue weighted by molar-refractivity contribution is -0.156. The predicted octanol–water partition coefficient (Wildman–Crippen LogP) is 16.8. The number of ether oxygens (including phenoxy) is 2. The highest BCUT2D eigenvalue weighted by Gasteiger charge is 2.42. The van der Waals surface area contributed by atoms with Gasteiger partial charge >= 0.3 is 11.9 Å². The van der Waals surface area contributed by atoms with Gasteiger partial charge in [-0.3, -0.25) is 9.59 Å². The van der Waals surface area contributed by atoms with Crippen molar-refractivity contribution < 1.29 is 19.1 Å². The molecule has 5 heteroatoms. The van der Waals surface area contributed by atoms with Crippen molar-refractivity contribution in [3.8, 4) is 0 Å². The maximum Gasteiger partial charge on any atom is 0.322 e. The van der Waals surface area contributed by atoms with E-state index in [2.05, 4.69) is 180 Å². The van der Waals surface area contributed by atoms with Gasteiger partial charge in [0.2, 0.25) is 0 Å². The summed E-state index contributed by atoms with van der Waals surface area (Å²) in [4.78, 5) is 25.2. The molecule has 0 bridgehead atoms. The van der Waals surface area contributed by atoms with Crippen LogP contribution in [0.1, 0.15) is 199 Å². The molecule has 0 saturated heterocycles. The summed E-state index contributed by atoms with van der Waals surface area (Å²) < 4.78 is 9.98. The SMILES string of the molecule is C.CCC(C)c1ccc(C(C)CC)cc1.CCC(C)c1ccccc1.CCCOC(=O)C(C)(Br)CC(C)(C)C(=O)OCCCCC(CC(C)c1ccccc1)c1ccccc1. The molecule has 6 atom stereocenters. The number of halogens is 1. The van der Waals surface area contributed by atoms with E-state index in [0.29, 0.717) is 49.2 Å². The second kappa shape index (κ2) is 29.6. The van der Waals surface area contributed by atoms with E-state index in [1.807, 2.05) is 20.8 Å². The highest BCUT2D eigenvalue weighted by atomic mass is 79.9. The van der Waals surface area contributed by atoms with Gasteiger partial charge in [-0.15, -0.1) is 0 Å². The van der Waals surface area contributed by atoms with Gasteiger partial charge in [0, 0.05) is 0 Å². The van der Waals surface area contributed by atoms with Crippen molar-refractivity contribution in [1.29, 1.82) is 0 Å². The number of unbranched alkanes of at least 4 members (excludes halogenated alkanes) is 1. The first-order valence-corrected chi connectivity index (χ1v) is 23.7. The van der Waals surface area contributed by atoms with Gasteiger partial charge in [-0.25, -0.2) is 0 Å². The Morgan fingerprint density at radius 2 is 0.902 bits per heavy atom. The monoisotopic (exact) mass is 899 g/mol.